The smallest absolute Gasteiger partial charge is 0.234 e. The number of para-hydroxylation sites is 1. The van der Waals surface area contributed by atoms with Crippen molar-refractivity contribution in [3.05, 3.63) is 29.8 Å². The van der Waals surface area contributed by atoms with Crippen LogP contribution < -0.4 is 5.32 Å². The topological polar surface area (TPSA) is 81.9 Å². The molecule has 0 atom stereocenters. The molecule has 0 radical (unpaired) electrons. The van der Waals surface area contributed by atoms with Crippen LogP contribution in [-0.2, 0) is 11.2 Å². The molecular formula is C20H25N5OS2. The van der Waals surface area contributed by atoms with Gasteiger partial charge in [0.15, 0.2) is 4.34 Å². The zero-order chi connectivity index (χ0) is 20.0. The number of thioether (sulfide) groups is 1. The Morgan fingerprint density at radius 2 is 2.07 bits per heavy atom. The fraction of sp³-hybridized carbons (Fsp3) is 0.500. The molecule has 3 rings (SSSR count). The minimum Gasteiger partial charge on any atom is -0.330 e. The third-order valence-corrected chi connectivity index (χ3v) is 7.23. The zero-order valence-corrected chi connectivity index (χ0v) is 17.9. The maximum absolute atomic E-state index is 12.7. The van der Waals surface area contributed by atoms with E-state index < -0.39 is 5.54 Å². The van der Waals surface area contributed by atoms with E-state index in [1.54, 1.807) is 11.9 Å². The van der Waals surface area contributed by atoms with E-state index in [4.69, 9.17) is 0 Å². The summed E-state index contributed by atoms with van der Waals surface area (Å²) in [7, 11) is 1.76. The van der Waals surface area contributed by atoms with Crippen LogP contribution in [0.15, 0.2) is 28.6 Å². The molecule has 2 aromatic rings. The van der Waals surface area contributed by atoms with Gasteiger partial charge in [0, 0.05) is 12.7 Å². The van der Waals surface area contributed by atoms with Crippen molar-refractivity contribution in [3.63, 3.8) is 0 Å². The number of anilines is 2. The number of hydrogen-bond acceptors (Lipinski definition) is 7. The molecule has 1 fully saturated rings. The van der Waals surface area contributed by atoms with Crippen molar-refractivity contribution >= 4 is 39.8 Å². The normalized spacial score (nSPS) is 15.6. The molecule has 1 aromatic heterocycles. The Morgan fingerprint density at radius 3 is 2.79 bits per heavy atom. The maximum Gasteiger partial charge on any atom is 0.234 e. The van der Waals surface area contributed by atoms with E-state index in [2.05, 4.69) is 34.6 Å². The van der Waals surface area contributed by atoms with Crippen molar-refractivity contribution in [1.82, 2.24) is 15.1 Å². The summed E-state index contributed by atoms with van der Waals surface area (Å²) in [5, 5.41) is 22.1. The molecule has 1 N–H and O–H groups in total. The first-order chi connectivity index (χ1) is 13.6. The van der Waals surface area contributed by atoms with E-state index in [1.807, 2.05) is 18.2 Å². The molecule has 1 heterocycles. The Bertz CT molecular complexity index is 854. The van der Waals surface area contributed by atoms with Crippen LogP contribution in [0.1, 0.15) is 44.6 Å². The van der Waals surface area contributed by atoms with Gasteiger partial charge in [0.1, 0.15) is 5.54 Å². The molecule has 0 aliphatic heterocycles. The molecule has 0 saturated heterocycles. The lowest BCUT2D eigenvalue weighted by atomic mass is 9.81. The third kappa shape index (κ3) is 4.65. The first-order valence-electron chi connectivity index (χ1n) is 9.57. The van der Waals surface area contributed by atoms with Gasteiger partial charge in [0.25, 0.3) is 0 Å². The number of aryl methyl sites for hydroxylation is 1. The van der Waals surface area contributed by atoms with Crippen LogP contribution in [0.4, 0.5) is 10.8 Å². The minimum absolute atomic E-state index is 0.0329. The van der Waals surface area contributed by atoms with Crippen molar-refractivity contribution < 1.29 is 4.79 Å². The Balaban J connectivity index is 1.58. The molecule has 28 heavy (non-hydrogen) atoms. The predicted molar refractivity (Wildman–Crippen MR) is 114 cm³/mol. The summed E-state index contributed by atoms with van der Waals surface area (Å²) in [4.78, 5) is 14.3. The highest BCUT2D eigenvalue weighted by molar-refractivity contribution is 8.01. The van der Waals surface area contributed by atoms with Gasteiger partial charge in [-0.1, -0.05) is 67.5 Å². The molecule has 6 nitrogen and oxygen atoms in total. The molecule has 1 saturated carbocycles. The summed E-state index contributed by atoms with van der Waals surface area (Å²) in [6, 6.07) is 10.5. The molecule has 1 amide bonds. The van der Waals surface area contributed by atoms with Crippen molar-refractivity contribution in [3.8, 4) is 6.07 Å². The Hall–Kier alpha value is -2.11. The second kappa shape index (κ2) is 9.39. The molecular weight excluding hydrogens is 390 g/mol. The van der Waals surface area contributed by atoms with E-state index >= 15 is 0 Å². The van der Waals surface area contributed by atoms with E-state index in [0.717, 1.165) is 48.6 Å². The lowest BCUT2D eigenvalue weighted by Gasteiger charge is -2.38. The van der Waals surface area contributed by atoms with Crippen LogP contribution in [0.5, 0.6) is 0 Å². The van der Waals surface area contributed by atoms with Crippen molar-refractivity contribution in [2.24, 2.45) is 0 Å². The average molecular weight is 416 g/mol. The molecule has 0 spiro atoms. The molecule has 1 aromatic carbocycles. The van der Waals surface area contributed by atoms with Gasteiger partial charge in [0.2, 0.25) is 11.0 Å². The summed E-state index contributed by atoms with van der Waals surface area (Å²) in [6.45, 7) is 2.12. The lowest BCUT2D eigenvalue weighted by molar-refractivity contribution is -0.131. The number of rotatable bonds is 7. The number of nitrogens with one attached hydrogen (secondary N) is 1. The first-order valence-corrected chi connectivity index (χ1v) is 11.4. The van der Waals surface area contributed by atoms with Crippen LogP contribution in [0.2, 0.25) is 0 Å². The third-order valence-electron chi connectivity index (χ3n) is 5.27. The number of benzene rings is 1. The fourth-order valence-corrected chi connectivity index (χ4v) is 5.18. The van der Waals surface area contributed by atoms with Gasteiger partial charge < -0.3 is 10.2 Å². The second-order valence-corrected chi connectivity index (χ2v) is 9.15. The molecule has 0 bridgehead atoms. The summed E-state index contributed by atoms with van der Waals surface area (Å²) in [6.07, 6.45) is 5.61. The van der Waals surface area contributed by atoms with Crippen LogP contribution in [0, 0.1) is 11.3 Å². The highest BCUT2D eigenvalue weighted by Gasteiger charge is 2.38. The summed E-state index contributed by atoms with van der Waals surface area (Å²) < 4.78 is 0.743. The molecule has 8 heteroatoms. The monoisotopic (exact) mass is 415 g/mol. The number of aromatic nitrogens is 2. The van der Waals surface area contributed by atoms with Gasteiger partial charge in [-0.2, -0.15) is 5.26 Å². The summed E-state index contributed by atoms with van der Waals surface area (Å²) in [5.74, 6) is 0.231. The predicted octanol–water partition coefficient (Wildman–Crippen LogP) is 4.62. The largest absolute Gasteiger partial charge is 0.330 e. The number of hydrogen-bond donors (Lipinski definition) is 1. The average Bonchev–Trinajstić information content (AvgIpc) is 3.19. The van der Waals surface area contributed by atoms with Gasteiger partial charge in [-0.25, -0.2) is 0 Å². The number of carbonyl (C=O) groups excluding carboxylic acids is 1. The molecule has 148 valence electrons. The van der Waals surface area contributed by atoms with Crippen molar-refractivity contribution in [1.29, 1.82) is 5.26 Å². The molecule has 1 aliphatic carbocycles. The minimum atomic E-state index is -0.645. The van der Waals surface area contributed by atoms with E-state index in [-0.39, 0.29) is 11.7 Å². The summed E-state index contributed by atoms with van der Waals surface area (Å²) >= 11 is 2.81. The van der Waals surface area contributed by atoms with Crippen LogP contribution in [0.3, 0.4) is 0 Å². The van der Waals surface area contributed by atoms with Crippen LogP contribution >= 0.6 is 23.1 Å². The Labute approximate surface area is 174 Å². The van der Waals surface area contributed by atoms with Gasteiger partial charge in [-0.3, -0.25) is 4.79 Å². The fourth-order valence-electron chi connectivity index (χ4n) is 3.50. The molecule has 0 unspecified atom stereocenters. The number of nitrogens with zero attached hydrogens (tertiary/aromatic N) is 4. The standard InChI is InChI=1S/C20H25N5OS2/c1-3-15-9-5-6-10-16(15)22-18-23-24-19(28-18)27-13-17(26)25(2)20(14-21)11-7-4-8-12-20/h5-6,9-10H,3-4,7-8,11-13H2,1-2H3,(H,22,23). The lowest BCUT2D eigenvalue weighted by Crippen LogP contribution is -2.50. The van der Waals surface area contributed by atoms with Gasteiger partial charge in [-0.05, 0) is 30.9 Å². The first kappa shape index (κ1) is 20.6. The number of amides is 1. The highest BCUT2D eigenvalue weighted by atomic mass is 32.2. The number of carbonyl (C=O) groups is 1. The van der Waals surface area contributed by atoms with E-state index in [9.17, 15) is 10.1 Å². The van der Waals surface area contributed by atoms with Gasteiger partial charge in [-0.15, -0.1) is 10.2 Å². The van der Waals surface area contributed by atoms with Gasteiger partial charge >= 0.3 is 0 Å². The highest BCUT2D eigenvalue weighted by Crippen LogP contribution is 2.34. The Kier molecular flexibility index (Phi) is 6.92. The van der Waals surface area contributed by atoms with Crippen LogP contribution in [0.25, 0.3) is 0 Å². The van der Waals surface area contributed by atoms with Crippen molar-refractivity contribution in [2.75, 3.05) is 18.1 Å². The van der Waals surface area contributed by atoms with Crippen molar-refractivity contribution in [2.45, 2.75) is 55.3 Å². The Morgan fingerprint density at radius 1 is 1.32 bits per heavy atom. The quantitative estimate of drug-likeness (QED) is 0.665. The SMILES string of the molecule is CCc1ccccc1Nc1nnc(SCC(=O)N(C)C2(C#N)CCCCC2)s1. The zero-order valence-electron chi connectivity index (χ0n) is 16.3. The van der Waals surface area contributed by atoms with Crippen LogP contribution in [-0.4, -0.2) is 39.3 Å². The molecule has 1 aliphatic rings. The maximum atomic E-state index is 12.7. The summed E-state index contributed by atoms with van der Waals surface area (Å²) in [5.41, 5.74) is 1.60. The van der Waals surface area contributed by atoms with E-state index in [1.165, 1.54) is 28.7 Å². The van der Waals surface area contributed by atoms with E-state index in [0.29, 0.717) is 5.13 Å². The second-order valence-electron chi connectivity index (χ2n) is 6.95. The number of nitriles is 1. The van der Waals surface area contributed by atoms with Gasteiger partial charge in [0.05, 0.1) is 11.8 Å².